The minimum atomic E-state index is 0.0722. The second-order valence-corrected chi connectivity index (χ2v) is 6.44. The van der Waals surface area contributed by atoms with E-state index in [1.54, 1.807) is 0 Å². The van der Waals surface area contributed by atoms with Crippen molar-refractivity contribution in [3.8, 4) is 0 Å². The summed E-state index contributed by atoms with van der Waals surface area (Å²) in [5.74, 6) is 1.00. The van der Waals surface area contributed by atoms with E-state index >= 15 is 0 Å². The Morgan fingerprint density at radius 3 is 2.53 bits per heavy atom. The Kier molecular flexibility index (Phi) is 3.93. The number of benzene rings is 1. The van der Waals surface area contributed by atoms with Gasteiger partial charge in [0.25, 0.3) is 0 Å². The molecule has 2 nitrogen and oxygen atoms in total. The molecule has 0 fully saturated rings. The van der Waals surface area contributed by atoms with Gasteiger partial charge < -0.3 is 9.73 Å². The predicted molar refractivity (Wildman–Crippen MR) is 81.9 cm³/mol. The second-order valence-electron chi connectivity index (χ2n) is 6.03. The van der Waals surface area contributed by atoms with Crippen LogP contribution >= 0.6 is 11.6 Å². The van der Waals surface area contributed by atoms with Gasteiger partial charge in [-0.15, -0.1) is 0 Å². The van der Waals surface area contributed by atoms with Crippen LogP contribution in [-0.2, 0) is 13.0 Å². The summed E-state index contributed by atoms with van der Waals surface area (Å²) in [5, 5.41) is 5.34. The molecular formula is C16H22ClNO. The molecule has 3 heteroatoms. The summed E-state index contributed by atoms with van der Waals surface area (Å²) in [7, 11) is 0. The molecule has 0 aliphatic carbocycles. The number of furan rings is 1. The van der Waals surface area contributed by atoms with Crippen molar-refractivity contribution in [2.75, 3.05) is 0 Å². The third-order valence-corrected chi connectivity index (χ3v) is 3.62. The number of rotatable bonds is 3. The number of aryl methyl sites for hydroxylation is 2. The molecule has 0 amide bonds. The molecule has 2 aromatic rings. The zero-order chi connectivity index (χ0) is 14.2. The van der Waals surface area contributed by atoms with Crippen molar-refractivity contribution in [3.63, 3.8) is 0 Å². The van der Waals surface area contributed by atoms with Gasteiger partial charge in [0.2, 0.25) is 0 Å². The van der Waals surface area contributed by atoms with Gasteiger partial charge in [0.05, 0.1) is 11.6 Å². The smallest absolute Gasteiger partial charge is 0.139 e. The maximum Gasteiger partial charge on any atom is 0.139 e. The van der Waals surface area contributed by atoms with Crippen molar-refractivity contribution >= 4 is 22.6 Å². The topological polar surface area (TPSA) is 25.2 Å². The molecule has 0 radical (unpaired) electrons. The summed E-state index contributed by atoms with van der Waals surface area (Å²) in [6, 6.07) is 3.96. The Hall–Kier alpha value is -0.990. The van der Waals surface area contributed by atoms with Crippen molar-refractivity contribution in [3.05, 3.63) is 34.0 Å². The van der Waals surface area contributed by atoms with Crippen molar-refractivity contribution in [1.29, 1.82) is 0 Å². The lowest BCUT2D eigenvalue weighted by molar-refractivity contribution is 0.393. The summed E-state index contributed by atoms with van der Waals surface area (Å²) in [6.07, 6.45) is 0.928. The molecule has 0 saturated heterocycles. The van der Waals surface area contributed by atoms with E-state index < -0.39 is 0 Å². The van der Waals surface area contributed by atoms with Crippen molar-refractivity contribution < 1.29 is 4.42 Å². The van der Waals surface area contributed by atoms with E-state index in [4.69, 9.17) is 16.0 Å². The Morgan fingerprint density at radius 1 is 1.26 bits per heavy atom. The molecule has 1 aromatic heterocycles. The Morgan fingerprint density at radius 2 is 1.95 bits per heavy atom. The highest BCUT2D eigenvalue weighted by Crippen LogP contribution is 2.34. The highest BCUT2D eigenvalue weighted by Gasteiger charge is 2.18. The van der Waals surface area contributed by atoms with Crippen LogP contribution in [0.15, 0.2) is 16.5 Å². The Balaban J connectivity index is 2.50. The van der Waals surface area contributed by atoms with Gasteiger partial charge in [0.15, 0.2) is 0 Å². The van der Waals surface area contributed by atoms with E-state index in [1.807, 2.05) is 12.1 Å². The van der Waals surface area contributed by atoms with E-state index in [2.05, 4.69) is 39.9 Å². The average molecular weight is 280 g/mol. The van der Waals surface area contributed by atoms with Crippen LogP contribution in [-0.4, -0.2) is 5.54 Å². The summed E-state index contributed by atoms with van der Waals surface area (Å²) in [5.41, 5.74) is 3.36. The molecule has 1 heterocycles. The number of fused-ring (bicyclic) bond motifs is 1. The number of halogens is 1. The fraction of sp³-hybridized carbons (Fsp3) is 0.500. The molecule has 0 unspecified atom stereocenters. The van der Waals surface area contributed by atoms with Crippen LogP contribution in [0.5, 0.6) is 0 Å². The Bertz CT molecular complexity index is 593. The van der Waals surface area contributed by atoms with Gasteiger partial charge in [-0.05, 0) is 45.7 Å². The van der Waals surface area contributed by atoms with Gasteiger partial charge >= 0.3 is 0 Å². The second kappa shape index (κ2) is 5.18. The summed E-state index contributed by atoms with van der Waals surface area (Å²) in [6.45, 7) is 11.4. The minimum absolute atomic E-state index is 0.0722. The maximum atomic E-state index is 6.34. The number of hydrogen-bond donors (Lipinski definition) is 1. The SMILES string of the molecule is CCc1c(CNC(C)(C)C)oc2c(C)ccc(Cl)c12. The van der Waals surface area contributed by atoms with Crippen LogP contribution in [0.1, 0.15) is 44.6 Å². The first-order valence-electron chi connectivity index (χ1n) is 6.78. The van der Waals surface area contributed by atoms with Crippen molar-refractivity contribution in [2.24, 2.45) is 0 Å². The van der Waals surface area contributed by atoms with E-state index in [1.165, 1.54) is 5.56 Å². The lowest BCUT2D eigenvalue weighted by atomic mass is 10.0. The summed E-state index contributed by atoms with van der Waals surface area (Å²) in [4.78, 5) is 0. The molecule has 104 valence electrons. The zero-order valence-corrected chi connectivity index (χ0v) is 13.1. The molecule has 0 saturated carbocycles. The van der Waals surface area contributed by atoms with E-state index in [0.717, 1.165) is 40.3 Å². The van der Waals surface area contributed by atoms with Crippen molar-refractivity contribution in [2.45, 2.75) is 53.1 Å². The molecule has 1 aromatic carbocycles. The van der Waals surface area contributed by atoms with Crippen LogP contribution in [0.3, 0.4) is 0 Å². The first kappa shape index (κ1) is 14.4. The lowest BCUT2D eigenvalue weighted by Gasteiger charge is -2.19. The van der Waals surface area contributed by atoms with Crippen LogP contribution in [0, 0.1) is 6.92 Å². The maximum absolute atomic E-state index is 6.34. The molecule has 0 bridgehead atoms. The molecule has 0 aliphatic rings. The lowest BCUT2D eigenvalue weighted by Crippen LogP contribution is -2.35. The van der Waals surface area contributed by atoms with Gasteiger partial charge in [0.1, 0.15) is 11.3 Å². The monoisotopic (exact) mass is 279 g/mol. The van der Waals surface area contributed by atoms with Gasteiger partial charge in [-0.3, -0.25) is 0 Å². The quantitative estimate of drug-likeness (QED) is 0.869. The largest absolute Gasteiger partial charge is 0.459 e. The predicted octanol–water partition coefficient (Wildman–Crippen LogP) is 4.85. The zero-order valence-electron chi connectivity index (χ0n) is 12.4. The van der Waals surface area contributed by atoms with E-state index in [9.17, 15) is 0 Å². The summed E-state index contributed by atoms with van der Waals surface area (Å²) < 4.78 is 6.05. The molecule has 2 rings (SSSR count). The Labute approximate surface area is 120 Å². The first-order chi connectivity index (χ1) is 8.83. The summed E-state index contributed by atoms with van der Waals surface area (Å²) >= 11 is 6.34. The van der Waals surface area contributed by atoms with Crippen LogP contribution in [0.4, 0.5) is 0 Å². The van der Waals surface area contributed by atoms with Crippen LogP contribution in [0.25, 0.3) is 11.0 Å². The van der Waals surface area contributed by atoms with Gasteiger partial charge in [-0.2, -0.15) is 0 Å². The van der Waals surface area contributed by atoms with E-state index in [0.29, 0.717) is 0 Å². The fourth-order valence-electron chi connectivity index (χ4n) is 2.26. The highest BCUT2D eigenvalue weighted by atomic mass is 35.5. The first-order valence-corrected chi connectivity index (χ1v) is 7.15. The van der Waals surface area contributed by atoms with Gasteiger partial charge in [-0.25, -0.2) is 0 Å². The molecule has 0 atom stereocenters. The number of hydrogen-bond acceptors (Lipinski definition) is 2. The number of nitrogens with one attached hydrogen (secondary N) is 1. The average Bonchev–Trinajstić information content (AvgIpc) is 2.70. The standard InChI is InChI=1S/C16H22ClNO/c1-6-11-13(9-18-16(3,4)5)19-15-10(2)7-8-12(17)14(11)15/h7-8,18H,6,9H2,1-5H3. The van der Waals surface area contributed by atoms with Crippen LogP contribution < -0.4 is 5.32 Å². The minimum Gasteiger partial charge on any atom is -0.459 e. The third kappa shape index (κ3) is 2.96. The highest BCUT2D eigenvalue weighted by molar-refractivity contribution is 6.35. The van der Waals surface area contributed by atoms with Crippen molar-refractivity contribution in [1.82, 2.24) is 5.32 Å². The normalized spacial score (nSPS) is 12.3. The van der Waals surface area contributed by atoms with Gasteiger partial charge in [0, 0.05) is 16.5 Å². The fourth-order valence-corrected chi connectivity index (χ4v) is 2.52. The molecule has 1 N–H and O–H groups in total. The molecule has 0 aliphatic heterocycles. The van der Waals surface area contributed by atoms with Gasteiger partial charge in [-0.1, -0.05) is 24.6 Å². The van der Waals surface area contributed by atoms with Crippen LogP contribution in [0.2, 0.25) is 5.02 Å². The molecule has 19 heavy (non-hydrogen) atoms. The molecular weight excluding hydrogens is 258 g/mol. The molecule has 0 spiro atoms. The third-order valence-electron chi connectivity index (χ3n) is 3.30. The van der Waals surface area contributed by atoms with E-state index in [-0.39, 0.29) is 5.54 Å².